The Balaban J connectivity index is 1.64. The maximum absolute atomic E-state index is 13.3. The number of halogens is 3. The number of ether oxygens (including phenoxy) is 1. The lowest BCUT2D eigenvalue weighted by Crippen LogP contribution is -2.37. The van der Waals surface area contributed by atoms with Crippen molar-refractivity contribution in [2.24, 2.45) is 0 Å². The summed E-state index contributed by atoms with van der Waals surface area (Å²) in [7, 11) is 0. The van der Waals surface area contributed by atoms with Gasteiger partial charge in [0.25, 0.3) is 5.56 Å². The minimum absolute atomic E-state index is 0.0253. The first-order valence-electron chi connectivity index (χ1n) is 10.0. The van der Waals surface area contributed by atoms with Crippen molar-refractivity contribution in [1.29, 1.82) is 0 Å². The number of aromatic nitrogens is 2. The number of hydrogen-bond donors (Lipinski definition) is 1. The molecule has 7 nitrogen and oxygen atoms in total. The average Bonchev–Trinajstić information content (AvgIpc) is 2.77. The number of fused-ring (bicyclic) bond motifs is 1. The number of hydrogen-bond acceptors (Lipinski definition) is 5. The third-order valence-corrected chi connectivity index (χ3v) is 5.30. The molecule has 3 aromatic rings. The maximum Gasteiger partial charge on any atom is 0.416 e. The lowest BCUT2D eigenvalue weighted by atomic mass is 10.1. The number of morpholine rings is 1. The highest BCUT2D eigenvalue weighted by Crippen LogP contribution is 2.35. The van der Waals surface area contributed by atoms with Gasteiger partial charge in [-0.05, 0) is 31.2 Å². The van der Waals surface area contributed by atoms with E-state index in [0.717, 1.165) is 16.8 Å². The average molecular weight is 446 g/mol. The highest BCUT2D eigenvalue weighted by atomic mass is 19.4. The van der Waals surface area contributed by atoms with E-state index in [9.17, 15) is 22.8 Å². The summed E-state index contributed by atoms with van der Waals surface area (Å²) in [4.78, 5) is 27.3. The number of amides is 1. The number of alkyl halides is 3. The Morgan fingerprint density at radius 3 is 2.50 bits per heavy atom. The van der Waals surface area contributed by atoms with Gasteiger partial charge in [-0.1, -0.05) is 18.2 Å². The minimum Gasteiger partial charge on any atom is -0.378 e. The second-order valence-corrected chi connectivity index (χ2v) is 7.47. The van der Waals surface area contributed by atoms with Crippen molar-refractivity contribution in [2.75, 3.05) is 36.5 Å². The zero-order valence-corrected chi connectivity index (χ0v) is 17.3. The normalized spacial score (nSPS) is 14.6. The highest BCUT2D eigenvalue weighted by Gasteiger charge is 2.32. The lowest BCUT2D eigenvalue weighted by Gasteiger charge is -2.31. The van der Waals surface area contributed by atoms with Crippen molar-refractivity contribution in [3.8, 4) is 0 Å². The maximum atomic E-state index is 13.3. The van der Waals surface area contributed by atoms with E-state index in [2.05, 4.69) is 10.4 Å². The van der Waals surface area contributed by atoms with Crippen molar-refractivity contribution in [3.05, 3.63) is 64.1 Å². The fourth-order valence-electron chi connectivity index (χ4n) is 3.73. The van der Waals surface area contributed by atoms with Gasteiger partial charge in [-0.3, -0.25) is 9.59 Å². The summed E-state index contributed by atoms with van der Waals surface area (Å²) in [6.07, 6.45) is -4.56. The molecule has 0 saturated carbocycles. The van der Waals surface area contributed by atoms with Crippen LogP contribution in [0.4, 0.5) is 24.5 Å². The fraction of sp³-hybridized carbons (Fsp3) is 0.318. The molecule has 1 N–H and O–H groups in total. The molecule has 4 rings (SSSR count). The molecule has 0 spiro atoms. The number of carbonyl (C=O) groups is 1. The van der Waals surface area contributed by atoms with Gasteiger partial charge < -0.3 is 15.0 Å². The number of nitrogens with one attached hydrogen (secondary N) is 1. The van der Waals surface area contributed by atoms with Crippen LogP contribution in [0, 0.1) is 6.92 Å². The molecule has 1 amide bonds. The molecule has 2 heterocycles. The van der Waals surface area contributed by atoms with E-state index in [1.165, 1.54) is 6.07 Å². The molecular weight excluding hydrogens is 425 g/mol. The Hall–Kier alpha value is -3.40. The topological polar surface area (TPSA) is 76.5 Å². The molecule has 0 unspecified atom stereocenters. The van der Waals surface area contributed by atoms with Gasteiger partial charge in [-0.2, -0.15) is 18.3 Å². The molecule has 32 heavy (non-hydrogen) atoms. The smallest absolute Gasteiger partial charge is 0.378 e. The number of carbonyl (C=O) groups excluding carboxylic acids is 1. The van der Waals surface area contributed by atoms with Crippen molar-refractivity contribution >= 4 is 28.1 Å². The third kappa shape index (κ3) is 4.45. The number of benzene rings is 2. The fourth-order valence-corrected chi connectivity index (χ4v) is 3.73. The van der Waals surface area contributed by atoms with E-state index in [1.54, 1.807) is 31.2 Å². The SMILES string of the molecule is Cc1nn(CC(=O)Nc2cc(C(F)(F)F)ccc2N2CCOCC2)c(=O)c2ccccc12. The van der Waals surface area contributed by atoms with Crippen LogP contribution in [0.5, 0.6) is 0 Å². The van der Waals surface area contributed by atoms with Crippen LogP contribution in [0.1, 0.15) is 11.3 Å². The van der Waals surface area contributed by atoms with Gasteiger partial charge in [0.2, 0.25) is 5.91 Å². The quantitative estimate of drug-likeness (QED) is 0.666. The van der Waals surface area contributed by atoms with Crippen molar-refractivity contribution in [1.82, 2.24) is 9.78 Å². The van der Waals surface area contributed by atoms with Crippen LogP contribution >= 0.6 is 0 Å². The van der Waals surface area contributed by atoms with Gasteiger partial charge in [0.1, 0.15) is 6.54 Å². The lowest BCUT2D eigenvalue weighted by molar-refractivity contribution is -0.137. The van der Waals surface area contributed by atoms with Crippen LogP contribution in [0.15, 0.2) is 47.3 Å². The van der Waals surface area contributed by atoms with Crippen LogP contribution in [0.3, 0.4) is 0 Å². The van der Waals surface area contributed by atoms with E-state index in [-0.39, 0.29) is 5.69 Å². The predicted octanol–water partition coefficient (Wildman–Crippen LogP) is 3.20. The summed E-state index contributed by atoms with van der Waals surface area (Å²) in [5, 5.41) is 7.83. The second-order valence-electron chi connectivity index (χ2n) is 7.47. The van der Waals surface area contributed by atoms with Crippen LogP contribution in [-0.2, 0) is 22.3 Å². The van der Waals surface area contributed by atoms with Gasteiger partial charge >= 0.3 is 6.18 Å². The van der Waals surface area contributed by atoms with Crippen molar-refractivity contribution in [3.63, 3.8) is 0 Å². The first-order chi connectivity index (χ1) is 15.2. The largest absolute Gasteiger partial charge is 0.416 e. The Kier molecular flexibility index (Phi) is 5.88. The minimum atomic E-state index is -4.56. The Morgan fingerprint density at radius 2 is 1.81 bits per heavy atom. The Labute approximate surface area is 181 Å². The molecule has 2 aromatic carbocycles. The second kappa shape index (κ2) is 8.62. The molecular formula is C22H21F3N4O3. The Morgan fingerprint density at radius 1 is 1.12 bits per heavy atom. The molecule has 1 fully saturated rings. The molecule has 0 aliphatic carbocycles. The van der Waals surface area contributed by atoms with Crippen molar-refractivity contribution < 1.29 is 22.7 Å². The number of anilines is 2. The van der Waals surface area contributed by atoms with Crippen LogP contribution in [0.25, 0.3) is 10.8 Å². The zero-order chi connectivity index (χ0) is 22.9. The summed E-state index contributed by atoms with van der Waals surface area (Å²) < 4.78 is 46.1. The van der Waals surface area contributed by atoms with E-state index in [1.807, 2.05) is 4.90 Å². The molecule has 1 aliphatic rings. The summed E-state index contributed by atoms with van der Waals surface area (Å²) in [5.41, 5.74) is -0.261. The number of nitrogens with zero attached hydrogens (tertiary/aromatic N) is 3. The molecule has 1 aromatic heterocycles. The highest BCUT2D eigenvalue weighted by molar-refractivity contribution is 5.94. The van der Waals surface area contributed by atoms with Crippen molar-refractivity contribution in [2.45, 2.75) is 19.6 Å². The zero-order valence-electron chi connectivity index (χ0n) is 17.3. The van der Waals surface area contributed by atoms with Gasteiger partial charge in [0.05, 0.1) is 41.2 Å². The molecule has 0 atom stereocenters. The van der Waals surface area contributed by atoms with Gasteiger partial charge in [0.15, 0.2) is 0 Å². The van der Waals surface area contributed by atoms with Crippen LogP contribution in [0.2, 0.25) is 0 Å². The number of aryl methyl sites for hydroxylation is 1. The monoisotopic (exact) mass is 446 g/mol. The molecule has 1 aliphatic heterocycles. The molecule has 168 valence electrons. The summed E-state index contributed by atoms with van der Waals surface area (Å²) >= 11 is 0. The summed E-state index contributed by atoms with van der Waals surface area (Å²) in [6, 6.07) is 10.1. The van der Waals surface area contributed by atoms with E-state index >= 15 is 0 Å². The van der Waals surface area contributed by atoms with Crippen LogP contribution in [-0.4, -0.2) is 42.0 Å². The molecule has 1 saturated heterocycles. The summed E-state index contributed by atoms with van der Waals surface area (Å²) in [5.74, 6) is -0.650. The van der Waals surface area contributed by atoms with E-state index in [4.69, 9.17) is 4.74 Å². The molecule has 0 bridgehead atoms. The molecule has 0 radical (unpaired) electrons. The van der Waals surface area contributed by atoms with Gasteiger partial charge in [-0.15, -0.1) is 0 Å². The van der Waals surface area contributed by atoms with Gasteiger partial charge in [0, 0.05) is 18.5 Å². The first kappa shape index (κ1) is 21.8. The number of rotatable bonds is 4. The third-order valence-electron chi connectivity index (χ3n) is 5.30. The summed E-state index contributed by atoms with van der Waals surface area (Å²) in [6.45, 7) is 3.13. The first-order valence-corrected chi connectivity index (χ1v) is 10.0. The Bertz CT molecular complexity index is 1220. The van der Waals surface area contributed by atoms with Gasteiger partial charge in [-0.25, -0.2) is 4.68 Å². The standard InChI is InChI=1S/C22H21F3N4O3/c1-14-16-4-2-3-5-17(16)21(31)29(27-14)13-20(30)26-18-12-15(22(23,24)25)6-7-19(18)28-8-10-32-11-9-28/h2-7,12H,8-11,13H2,1H3,(H,26,30). The van der Waals surface area contributed by atoms with Crippen LogP contribution < -0.4 is 15.8 Å². The van der Waals surface area contributed by atoms with E-state index < -0.39 is 29.8 Å². The van der Waals surface area contributed by atoms with E-state index in [0.29, 0.717) is 48.5 Å². The predicted molar refractivity (Wildman–Crippen MR) is 114 cm³/mol. The molecule has 10 heteroatoms.